The monoisotopic (exact) mass is 500 g/mol. The number of carbonyl (C=O) groups is 3. The molecule has 0 spiro atoms. The predicted octanol–water partition coefficient (Wildman–Crippen LogP) is 3.23. The lowest BCUT2D eigenvalue weighted by molar-refractivity contribution is -0.117. The molecule has 1 heterocycles. The van der Waals surface area contributed by atoms with Gasteiger partial charge in [0.15, 0.2) is 5.75 Å². The molecule has 36 heavy (non-hydrogen) atoms. The number of aliphatic hydroxyl groups is 1. The lowest BCUT2D eigenvalue weighted by atomic mass is 9.96. The van der Waals surface area contributed by atoms with Gasteiger partial charge in [0, 0.05) is 31.5 Å². The van der Waals surface area contributed by atoms with Crippen molar-refractivity contribution < 1.29 is 24.2 Å². The third kappa shape index (κ3) is 6.11. The molecule has 4 amide bonds. The van der Waals surface area contributed by atoms with Crippen LogP contribution < -0.4 is 15.4 Å². The molecule has 3 aliphatic rings. The van der Waals surface area contributed by atoms with E-state index in [1.54, 1.807) is 35.0 Å². The number of benzene rings is 1. The highest BCUT2D eigenvalue weighted by Gasteiger charge is 2.36. The summed E-state index contributed by atoms with van der Waals surface area (Å²) in [4.78, 5) is 42.4. The number of nitrogens with one attached hydrogen (secondary N) is 2. The molecule has 1 aliphatic heterocycles. The Hall–Kier alpha value is -2.81. The van der Waals surface area contributed by atoms with Gasteiger partial charge in [-0.15, -0.1) is 0 Å². The molecule has 0 saturated heterocycles. The quantitative estimate of drug-likeness (QED) is 0.532. The fourth-order valence-corrected chi connectivity index (χ4v) is 5.02. The molecule has 4 rings (SSSR count). The van der Waals surface area contributed by atoms with Crippen molar-refractivity contribution in [2.75, 3.05) is 32.1 Å². The van der Waals surface area contributed by atoms with Crippen LogP contribution in [0.5, 0.6) is 5.75 Å². The van der Waals surface area contributed by atoms with Gasteiger partial charge in [0.25, 0.3) is 5.91 Å². The zero-order valence-corrected chi connectivity index (χ0v) is 21.7. The first-order valence-electron chi connectivity index (χ1n) is 13.3. The molecule has 0 unspecified atom stereocenters. The van der Waals surface area contributed by atoms with Crippen LogP contribution in [-0.4, -0.2) is 77.7 Å². The van der Waals surface area contributed by atoms with Crippen molar-refractivity contribution in [2.24, 2.45) is 11.8 Å². The van der Waals surface area contributed by atoms with Gasteiger partial charge in [-0.25, -0.2) is 4.79 Å². The van der Waals surface area contributed by atoms with Gasteiger partial charge < -0.3 is 30.3 Å². The maximum Gasteiger partial charge on any atom is 0.317 e. The summed E-state index contributed by atoms with van der Waals surface area (Å²) in [5, 5.41) is 15.9. The minimum atomic E-state index is -0.425. The molecule has 198 valence electrons. The molecule has 9 nitrogen and oxygen atoms in total. The molecule has 0 bridgehead atoms. The van der Waals surface area contributed by atoms with Crippen molar-refractivity contribution in [1.29, 1.82) is 0 Å². The van der Waals surface area contributed by atoms with Gasteiger partial charge in [0.05, 0.1) is 30.4 Å². The van der Waals surface area contributed by atoms with E-state index in [0.29, 0.717) is 30.1 Å². The van der Waals surface area contributed by atoms with E-state index >= 15 is 0 Å². The fraction of sp³-hybridized carbons (Fsp3) is 0.667. The number of carbonyl (C=O) groups excluding carboxylic acids is 3. The van der Waals surface area contributed by atoms with Gasteiger partial charge in [-0.3, -0.25) is 9.59 Å². The van der Waals surface area contributed by atoms with Crippen LogP contribution in [0.25, 0.3) is 0 Å². The SMILES string of the molecule is C[C@H](CO)N1C[C@H](C)[C@@H](CN(C)C(=O)NC2CCCCC2)Oc2c(NC(=O)C3CC3)cccc2C1=O. The van der Waals surface area contributed by atoms with Crippen molar-refractivity contribution in [2.45, 2.75) is 77.0 Å². The average Bonchev–Trinajstić information content (AvgIpc) is 3.72. The largest absolute Gasteiger partial charge is 0.485 e. The normalized spacial score (nSPS) is 23.6. The number of likely N-dealkylation sites (N-methyl/N-ethyl adjacent to an activating group) is 1. The first-order valence-corrected chi connectivity index (χ1v) is 13.3. The van der Waals surface area contributed by atoms with E-state index in [1.165, 1.54) is 6.42 Å². The summed E-state index contributed by atoms with van der Waals surface area (Å²) < 4.78 is 6.48. The molecular weight excluding hydrogens is 460 g/mol. The minimum absolute atomic E-state index is 0.000333. The third-order valence-corrected chi connectivity index (χ3v) is 7.63. The van der Waals surface area contributed by atoms with E-state index < -0.39 is 6.10 Å². The first-order chi connectivity index (χ1) is 17.3. The Morgan fingerprint density at radius 3 is 2.58 bits per heavy atom. The molecule has 0 aromatic heterocycles. The number of rotatable bonds is 7. The Kier molecular flexibility index (Phi) is 8.39. The Balaban J connectivity index is 1.59. The average molecular weight is 501 g/mol. The van der Waals surface area contributed by atoms with E-state index in [1.807, 2.05) is 13.8 Å². The van der Waals surface area contributed by atoms with Crippen molar-refractivity contribution >= 4 is 23.5 Å². The summed E-state index contributed by atoms with van der Waals surface area (Å²) in [6.07, 6.45) is 6.80. The first kappa shape index (κ1) is 26.3. The second kappa shape index (κ2) is 11.5. The molecule has 2 saturated carbocycles. The summed E-state index contributed by atoms with van der Waals surface area (Å²) in [7, 11) is 1.76. The standard InChI is InChI=1S/C27H40N4O5/c1-17-14-31(18(2)16-32)26(34)21-10-7-11-22(29-25(33)19-12-13-19)24(21)36-23(17)15-30(3)27(35)28-20-8-5-4-6-9-20/h7,10-11,17-20,23,32H,4-6,8-9,12-16H2,1-3H3,(H,28,35)(H,29,33)/t17-,18+,23+/m0/s1. The number of aliphatic hydroxyl groups excluding tert-OH is 1. The highest BCUT2D eigenvalue weighted by molar-refractivity contribution is 6.02. The van der Waals surface area contributed by atoms with Crippen LogP contribution >= 0.6 is 0 Å². The third-order valence-electron chi connectivity index (χ3n) is 7.63. The zero-order valence-electron chi connectivity index (χ0n) is 21.7. The van der Waals surface area contributed by atoms with Crippen LogP contribution in [0.15, 0.2) is 18.2 Å². The topological polar surface area (TPSA) is 111 Å². The van der Waals surface area contributed by atoms with Crippen LogP contribution in [0.1, 0.15) is 69.2 Å². The van der Waals surface area contributed by atoms with Gasteiger partial charge in [0.2, 0.25) is 5.91 Å². The van der Waals surface area contributed by atoms with Gasteiger partial charge in [-0.1, -0.05) is 32.3 Å². The Bertz CT molecular complexity index is 959. The van der Waals surface area contributed by atoms with Crippen LogP contribution in [0, 0.1) is 11.8 Å². The van der Waals surface area contributed by atoms with Crippen molar-refractivity contribution in [3.63, 3.8) is 0 Å². The number of nitrogens with zero attached hydrogens (tertiary/aromatic N) is 2. The number of para-hydroxylation sites is 1. The van der Waals surface area contributed by atoms with E-state index in [4.69, 9.17) is 4.74 Å². The predicted molar refractivity (Wildman–Crippen MR) is 137 cm³/mol. The summed E-state index contributed by atoms with van der Waals surface area (Å²) in [6.45, 7) is 4.32. The van der Waals surface area contributed by atoms with Gasteiger partial charge in [-0.2, -0.15) is 0 Å². The van der Waals surface area contributed by atoms with Crippen LogP contribution in [0.3, 0.4) is 0 Å². The number of amides is 4. The number of hydrogen-bond acceptors (Lipinski definition) is 5. The molecule has 3 atom stereocenters. The highest BCUT2D eigenvalue weighted by atomic mass is 16.5. The van der Waals surface area contributed by atoms with E-state index in [2.05, 4.69) is 10.6 Å². The zero-order chi connectivity index (χ0) is 25.8. The molecule has 1 aromatic carbocycles. The Morgan fingerprint density at radius 2 is 1.92 bits per heavy atom. The van der Waals surface area contributed by atoms with Crippen molar-refractivity contribution in [1.82, 2.24) is 15.1 Å². The molecule has 2 fully saturated rings. The lowest BCUT2D eigenvalue weighted by Gasteiger charge is -2.38. The number of urea groups is 1. The maximum atomic E-state index is 13.5. The van der Waals surface area contributed by atoms with Crippen LogP contribution in [0.2, 0.25) is 0 Å². The van der Waals surface area contributed by atoms with E-state index in [0.717, 1.165) is 38.5 Å². The van der Waals surface area contributed by atoms with Crippen molar-refractivity contribution in [3.8, 4) is 5.75 Å². The van der Waals surface area contributed by atoms with E-state index in [9.17, 15) is 19.5 Å². The fourth-order valence-electron chi connectivity index (χ4n) is 5.02. The van der Waals surface area contributed by atoms with Crippen LogP contribution in [-0.2, 0) is 4.79 Å². The lowest BCUT2D eigenvalue weighted by Crippen LogP contribution is -2.52. The smallest absolute Gasteiger partial charge is 0.317 e. The maximum absolute atomic E-state index is 13.5. The number of anilines is 1. The molecule has 9 heteroatoms. The second-order valence-electron chi connectivity index (χ2n) is 10.7. The summed E-state index contributed by atoms with van der Waals surface area (Å²) in [5.74, 6) is -0.128. The van der Waals surface area contributed by atoms with Gasteiger partial charge in [-0.05, 0) is 44.7 Å². The Morgan fingerprint density at radius 1 is 1.19 bits per heavy atom. The van der Waals surface area contributed by atoms with Gasteiger partial charge in [0.1, 0.15) is 6.10 Å². The van der Waals surface area contributed by atoms with Crippen molar-refractivity contribution in [3.05, 3.63) is 23.8 Å². The second-order valence-corrected chi connectivity index (χ2v) is 10.7. The molecule has 1 aromatic rings. The highest BCUT2D eigenvalue weighted by Crippen LogP contribution is 2.37. The van der Waals surface area contributed by atoms with Crippen LogP contribution in [0.4, 0.5) is 10.5 Å². The number of hydrogen-bond donors (Lipinski definition) is 3. The van der Waals surface area contributed by atoms with Gasteiger partial charge >= 0.3 is 6.03 Å². The molecule has 3 N–H and O–H groups in total. The van der Waals surface area contributed by atoms with E-state index in [-0.39, 0.29) is 48.4 Å². The summed E-state index contributed by atoms with van der Waals surface area (Å²) in [5.41, 5.74) is 0.804. The molecule has 2 aliphatic carbocycles. The Labute approximate surface area is 213 Å². The number of ether oxygens (including phenoxy) is 1. The molecular formula is C27H40N4O5. The minimum Gasteiger partial charge on any atom is -0.485 e. The number of fused-ring (bicyclic) bond motifs is 1. The molecule has 0 radical (unpaired) electrons. The summed E-state index contributed by atoms with van der Waals surface area (Å²) >= 11 is 0. The summed E-state index contributed by atoms with van der Waals surface area (Å²) in [6, 6.07) is 4.85.